The molecule has 3 atom stereocenters. The lowest BCUT2D eigenvalue weighted by Crippen LogP contribution is -2.62. The maximum atomic E-state index is 12.3. The van der Waals surface area contributed by atoms with Gasteiger partial charge in [-0.25, -0.2) is 0 Å². The average Bonchev–Trinajstić information content (AvgIpc) is 2.86. The average molecular weight is 253 g/mol. The highest BCUT2D eigenvalue weighted by atomic mass is 16.5. The van der Waals surface area contributed by atoms with Crippen LogP contribution in [0.4, 0.5) is 0 Å². The van der Waals surface area contributed by atoms with Gasteiger partial charge < -0.3 is 4.74 Å². The van der Waals surface area contributed by atoms with E-state index in [1.807, 2.05) is 0 Å². The van der Waals surface area contributed by atoms with Crippen molar-refractivity contribution in [1.82, 2.24) is 5.32 Å². The van der Waals surface area contributed by atoms with Crippen LogP contribution < -0.4 is 5.32 Å². The molecule has 0 aromatic carbocycles. The van der Waals surface area contributed by atoms with Crippen LogP contribution in [0.15, 0.2) is 0 Å². The van der Waals surface area contributed by atoms with E-state index in [-0.39, 0.29) is 5.97 Å². The summed E-state index contributed by atoms with van der Waals surface area (Å²) in [4.78, 5) is 12.3. The fourth-order valence-electron chi connectivity index (χ4n) is 3.83. The molecule has 0 bridgehead atoms. The Hall–Kier alpha value is -0.570. The number of carbonyl (C=O) groups excluding carboxylic acids is 1. The van der Waals surface area contributed by atoms with Gasteiger partial charge in [0, 0.05) is 6.04 Å². The Morgan fingerprint density at radius 1 is 1.17 bits per heavy atom. The summed E-state index contributed by atoms with van der Waals surface area (Å²) in [6.07, 6.45) is 8.28. The zero-order valence-electron chi connectivity index (χ0n) is 12.0. The molecule has 0 amide bonds. The summed E-state index contributed by atoms with van der Waals surface area (Å²) in [6.45, 7) is 4.47. The molecular weight excluding hydrogens is 226 g/mol. The number of esters is 1. The van der Waals surface area contributed by atoms with E-state index in [4.69, 9.17) is 4.74 Å². The molecule has 0 spiro atoms. The summed E-state index contributed by atoms with van der Waals surface area (Å²) in [7, 11) is 1.52. The highest BCUT2D eigenvalue weighted by Crippen LogP contribution is 2.39. The first-order chi connectivity index (χ1) is 8.60. The molecular formula is C15H27NO2. The Morgan fingerprint density at radius 3 is 2.44 bits per heavy atom. The van der Waals surface area contributed by atoms with Crippen molar-refractivity contribution < 1.29 is 9.53 Å². The van der Waals surface area contributed by atoms with Crippen LogP contribution >= 0.6 is 0 Å². The minimum absolute atomic E-state index is 0.0477. The third-order valence-corrected chi connectivity index (χ3v) is 5.23. The van der Waals surface area contributed by atoms with Crippen molar-refractivity contribution in [2.24, 2.45) is 11.8 Å². The van der Waals surface area contributed by atoms with Crippen LogP contribution in [0.25, 0.3) is 0 Å². The second-order valence-electron chi connectivity index (χ2n) is 6.25. The van der Waals surface area contributed by atoms with Crippen LogP contribution in [0.3, 0.4) is 0 Å². The molecule has 0 radical (unpaired) electrons. The first-order valence-corrected chi connectivity index (χ1v) is 7.46. The molecule has 3 nitrogen and oxygen atoms in total. The summed E-state index contributed by atoms with van der Waals surface area (Å²) < 4.78 is 5.12. The van der Waals surface area contributed by atoms with Crippen LogP contribution in [-0.2, 0) is 9.53 Å². The van der Waals surface area contributed by atoms with Gasteiger partial charge in [-0.05, 0) is 31.1 Å². The molecule has 2 fully saturated rings. The van der Waals surface area contributed by atoms with Crippen molar-refractivity contribution in [3.05, 3.63) is 0 Å². The molecule has 3 heteroatoms. The predicted octanol–water partition coefficient (Wildman–Crippen LogP) is 2.89. The van der Waals surface area contributed by atoms with E-state index in [9.17, 15) is 4.79 Å². The van der Waals surface area contributed by atoms with Crippen LogP contribution in [0, 0.1) is 11.8 Å². The Bertz CT molecular complexity index is 299. The van der Waals surface area contributed by atoms with Crippen molar-refractivity contribution in [3.63, 3.8) is 0 Å². The fraction of sp³-hybridized carbons (Fsp3) is 0.933. The minimum Gasteiger partial charge on any atom is -0.468 e. The van der Waals surface area contributed by atoms with Crippen LogP contribution in [-0.4, -0.2) is 24.7 Å². The molecule has 0 aromatic rings. The summed E-state index contributed by atoms with van der Waals surface area (Å²) in [5.41, 5.74) is -0.429. The number of ether oxygens (including phenoxy) is 1. The van der Waals surface area contributed by atoms with Gasteiger partial charge in [-0.15, -0.1) is 0 Å². The molecule has 0 heterocycles. The highest BCUT2D eigenvalue weighted by molar-refractivity contribution is 5.81. The summed E-state index contributed by atoms with van der Waals surface area (Å²) >= 11 is 0. The van der Waals surface area contributed by atoms with Gasteiger partial charge in [-0.1, -0.05) is 39.5 Å². The Morgan fingerprint density at radius 2 is 1.83 bits per heavy atom. The molecule has 1 N–H and O–H groups in total. The Labute approximate surface area is 111 Å². The van der Waals surface area contributed by atoms with Gasteiger partial charge in [-0.3, -0.25) is 10.1 Å². The second-order valence-corrected chi connectivity index (χ2v) is 6.25. The molecule has 0 saturated heterocycles. The molecule has 2 aliphatic carbocycles. The predicted molar refractivity (Wildman–Crippen MR) is 72.3 cm³/mol. The number of methoxy groups -OCH3 is 1. The number of nitrogens with one attached hydrogen (secondary N) is 1. The van der Waals surface area contributed by atoms with Gasteiger partial charge in [0.2, 0.25) is 0 Å². The smallest absolute Gasteiger partial charge is 0.326 e. The molecule has 2 saturated carbocycles. The zero-order valence-corrected chi connectivity index (χ0v) is 12.0. The van der Waals surface area contributed by atoms with Crippen molar-refractivity contribution in [2.75, 3.05) is 7.11 Å². The van der Waals surface area contributed by atoms with E-state index in [0.29, 0.717) is 17.9 Å². The highest BCUT2D eigenvalue weighted by Gasteiger charge is 2.49. The lowest BCUT2D eigenvalue weighted by molar-refractivity contribution is -0.154. The number of rotatable bonds is 3. The largest absolute Gasteiger partial charge is 0.468 e. The molecule has 2 aliphatic rings. The van der Waals surface area contributed by atoms with Crippen LogP contribution in [0.1, 0.15) is 58.8 Å². The lowest BCUT2D eigenvalue weighted by atomic mass is 9.68. The van der Waals surface area contributed by atoms with Gasteiger partial charge in [0.25, 0.3) is 0 Å². The van der Waals surface area contributed by atoms with Crippen LogP contribution in [0.5, 0.6) is 0 Å². The van der Waals surface area contributed by atoms with Gasteiger partial charge in [0.1, 0.15) is 5.54 Å². The van der Waals surface area contributed by atoms with E-state index in [0.717, 1.165) is 12.8 Å². The minimum atomic E-state index is -0.429. The summed E-state index contributed by atoms with van der Waals surface area (Å²) in [6, 6.07) is 0.511. The van der Waals surface area contributed by atoms with Crippen molar-refractivity contribution in [3.8, 4) is 0 Å². The van der Waals surface area contributed by atoms with Gasteiger partial charge in [0.05, 0.1) is 7.11 Å². The SMILES string of the molecule is COC(=O)C1(NC2CCCC2)CCCC(C)C1C. The second kappa shape index (κ2) is 5.60. The molecule has 104 valence electrons. The van der Waals surface area contributed by atoms with Crippen molar-refractivity contribution >= 4 is 5.97 Å². The fourth-order valence-corrected chi connectivity index (χ4v) is 3.83. The van der Waals surface area contributed by atoms with Gasteiger partial charge in [-0.2, -0.15) is 0 Å². The molecule has 18 heavy (non-hydrogen) atoms. The summed E-state index contributed by atoms with van der Waals surface area (Å²) in [5.74, 6) is 0.902. The maximum Gasteiger partial charge on any atom is 0.326 e. The maximum absolute atomic E-state index is 12.3. The molecule has 3 unspecified atom stereocenters. The van der Waals surface area contributed by atoms with E-state index >= 15 is 0 Å². The Balaban J connectivity index is 2.18. The van der Waals surface area contributed by atoms with Crippen molar-refractivity contribution in [1.29, 1.82) is 0 Å². The number of hydrogen-bond donors (Lipinski definition) is 1. The van der Waals surface area contributed by atoms with Gasteiger partial charge >= 0.3 is 5.97 Å². The monoisotopic (exact) mass is 253 g/mol. The van der Waals surface area contributed by atoms with E-state index < -0.39 is 5.54 Å². The van der Waals surface area contributed by atoms with E-state index in [1.54, 1.807) is 0 Å². The topological polar surface area (TPSA) is 38.3 Å². The van der Waals surface area contributed by atoms with Crippen molar-refractivity contribution in [2.45, 2.75) is 70.4 Å². The van der Waals surface area contributed by atoms with E-state index in [2.05, 4.69) is 19.2 Å². The third kappa shape index (κ3) is 2.42. The lowest BCUT2D eigenvalue weighted by Gasteiger charge is -2.45. The quantitative estimate of drug-likeness (QED) is 0.786. The first-order valence-electron chi connectivity index (χ1n) is 7.46. The van der Waals surface area contributed by atoms with E-state index in [1.165, 1.54) is 39.2 Å². The molecule has 0 aromatic heterocycles. The first kappa shape index (κ1) is 13.9. The molecule has 0 aliphatic heterocycles. The standard InChI is InChI=1S/C15H27NO2/c1-11-7-6-10-15(12(11)2,14(17)18-3)16-13-8-4-5-9-13/h11-13,16H,4-10H2,1-3H3. The zero-order chi connectivity index (χ0) is 13.2. The molecule has 2 rings (SSSR count). The van der Waals surface area contributed by atoms with Gasteiger partial charge in [0.15, 0.2) is 0 Å². The number of carbonyl (C=O) groups is 1. The van der Waals surface area contributed by atoms with Crippen LogP contribution in [0.2, 0.25) is 0 Å². The third-order valence-electron chi connectivity index (χ3n) is 5.23. The normalized spacial score (nSPS) is 37.7. The Kier molecular flexibility index (Phi) is 4.31. The number of hydrogen-bond acceptors (Lipinski definition) is 3. The summed E-state index contributed by atoms with van der Waals surface area (Å²) in [5, 5.41) is 3.69.